The molecule has 1 aromatic rings. The average Bonchev–Trinajstić information content (AvgIpc) is 3.24. The topological polar surface area (TPSA) is 76.5 Å². The van der Waals surface area contributed by atoms with E-state index < -0.39 is 0 Å². The minimum Gasteiger partial charge on any atom is -0.469 e. The van der Waals surface area contributed by atoms with Gasteiger partial charge in [0, 0.05) is 25.3 Å². The van der Waals surface area contributed by atoms with Crippen LogP contribution in [-0.2, 0) is 9.53 Å². The first kappa shape index (κ1) is 18.7. The van der Waals surface area contributed by atoms with Gasteiger partial charge in [0.25, 0.3) is 5.91 Å². The zero-order chi connectivity index (χ0) is 16.2. The molecule has 3 rings (SSSR count). The number of nitrogens with one attached hydrogen (secondary N) is 1. The van der Waals surface area contributed by atoms with E-state index in [9.17, 15) is 9.59 Å². The van der Waals surface area contributed by atoms with Gasteiger partial charge in [-0.15, -0.1) is 12.4 Å². The Morgan fingerprint density at radius 3 is 2.92 bits per heavy atom. The van der Waals surface area contributed by atoms with E-state index in [0.717, 1.165) is 38.8 Å². The third kappa shape index (κ3) is 4.08. The third-order valence-electron chi connectivity index (χ3n) is 4.74. The lowest BCUT2D eigenvalue weighted by Crippen LogP contribution is -2.37. The molecule has 7 nitrogen and oxygen atoms in total. The van der Waals surface area contributed by atoms with E-state index in [0.29, 0.717) is 18.3 Å². The molecule has 0 aromatic carbocycles. The fraction of sp³-hybridized carbons (Fsp3) is 0.688. The van der Waals surface area contributed by atoms with E-state index in [1.807, 2.05) is 10.9 Å². The van der Waals surface area contributed by atoms with Crippen LogP contribution in [0.3, 0.4) is 0 Å². The Bertz CT molecular complexity index is 571. The van der Waals surface area contributed by atoms with E-state index in [-0.39, 0.29) is 36.7 Å². The van der Waals surface area contributed by atoms with E-state index in [4.69, 9.17) is 4.74 Å². The molecule has 0 aliphatic carbocycles. The van der Waals surface area contributed by atoms with Crippen molar-refractivity contribution in [3.63, 3.8) is 0 Å². The SMILES string of the molecule is COC(=O)CC1CCCN1C(=O)c1ccn(C2CCCNC2)n1.Cl. The van der Waals surface area contributed by atoms with Gasteiger partial charge in [0.15, 0.2) is 0 Å². The molecule has 8 heteroatoms. The van der Waals surface area contributed by atoms with Gasteiger partial charge in [0.05, 0.1) is 19.6 Å². The Hall–Kier alpha value is -1.60. The Morgan fingerprint density at radius 2 is 2.21 bits per heavy atom. The van der Waals surface area contributed by atoms with Crippen molar-refractivity contribution in [1.82, 2.24) is 20.0 Å². The van der Waals surface area contributed by atoms with E-state index in [2.05, 4.69) is 10.4 Å². The Labute approximate surface area is 148 Å². The number of aromatic nitrogens is 2. The molecule has 0 bridgehead atoms. The molecule has 24 heavy (non-hydrogen) atoms. The van der Waals surface area contributed by atoms with Gasteiger partial charge in [-0.05, 0) is 38.3 Å². The summed E-state index contributed by atoms with van der Waals surface area (Å²) in [4.78, 5) is 26.0. The van der Waals surface area contributed by atoms with E-state index in [1.165, 1.54) is 7.11 Å². The van der Waals surface area contributed by atoms with Crippen LogP contribution in [0.2, 0.25) is 0 Å². The number of rotatable bonds is 4. The average molecular weight is 357 g/mol. The van der Waals surface area contributed by atoms with Crippen LogP contribution < -0.4 is 5.32 Å². The van der Waals surface area contributed by atoms with Crippen molar-refractivity contribution in [2.45, 2.75) is 44.2 Å². The van der Waals surface area contributed by atoms with Crippen molar-refractivity contribution in [3.8, 4) is 0 Å². The summed E-state index contributed by atoms with van der Waals surface area (Å²) in [6.45, 7) is 2.62. The first-order valence-electron chi connectivity index (χ1n) is 8.32. The van der Waals surface area contributed by atoms with Crippen LogP contribution in [0.5, 0.6) is 0 Å². The lowest BCUT2D eigenvalue weighted by molar-refractivity contribution is -0.141. The zero-order valence-electron chi connectivity index (χ0n) is 13.9. The lowest BCUT2D eigenvalue weighted by Gasteiger charge is -2.24. The van der Waals surface area contributed by atoms with Gasteiger partial charge in [-0.2, -0.15) is 5.10 Å². The largest absolute Gasteiger partial charge is 0.469 e. The quantitative estimate of drug-likeness (QED) is 0.825. The highest BCUT2D eigenvalue weighted by Gasteiger charge is 2.32. The second kappa shape index (κ2) is 8.48. The summed E-state index contributed by atoms with van der Waals surface area (Å²) in [5.41, 5.74) is 0.465. The second-order valence-corrected chi connectivity index (χ2v) is 6.26. The zero-order valence-corrected chi connectivity index (χ0v) is 14.8. The third-order valence-corrected chi connectivity index (χ3v) is 4.74. The summed E-state index contributed by atoms with van der Waals surface area (Å²) in [6, 6.07) is 2.02. The van der Waals surface area contributed by atoms with E-state index in [1.54, 1.807) is 11.0 Å². The summed E-state index contributed by atoms with van der Waals surface area (Å²) in [6.07, 6.45) is 6.11. The number of hydrogen-bond acceptors (Lipinski definition) is 5. The molecule has 0 saturated carbocycles. The summed E-state index contributed by atoms with van der Waals surface area (Å²) >= 11 is 0. The second-order valence-electron chi connectivity index (χ2n) is 6.26. The van der Waals surface area contributed by atoms with Crippen molar-refractivity contribution in [3.05, 3.63) is 18.0 Å². The maximum atomic E-state index is 12.7. The Morgan fingerprint density at radius 1 is 1.38 bits per heavy atom. The molecular formula is C16H25ClN4O3. The summed E-state index contributed by atoms with van der Waals surface area (Å²) < 4.78 is 6.62. The highest BCUT2D eigenvalue weighted by Crippen LogP contribution is 2.23. The molecule has 0 spiro atoms. The number of nitrogens with zero attached hydrogens (tertiary/aromatic N) is 3. The number of likely N-dealkylation sites (tertiary alicyclic amines) is 1. The van der Waals surface area contributed by atoms with Crippen LogP contribution in [-0.4, -0.2) is 59.3 Å². The van der Waals surface area contributed by atoms with Gasteiger partial charge in [-0.25, -0.2) is 0 Å². The van der Waals surface area contributed by atoms with Crippen LogP contribution in [0.15, 0.2) is 12.3 Å². The summed E-state index contributed by atoms with van der Waals surface area (Å²) in [5, 5.41) is 7.84. The molecule has 1 aromatic heterocycles. The van der Waals surface area contributed by atoms with Crippen molar-refractivity contribution in [1.29, 1.82) is 0 Å². The smallest absolute Gasteiger partial charge is 0.307 e. The van der Waals surface area contributed by atoms with Crippen LogP contribution in [0.4, 0.5) is 0 Å². The van der Waals surface area contributed by atoms with E-state index >= 15 is 0 Å². The number of esters is 1. The van der Waals surface area contributed by atoms with Crippen molar-refractivity contribution in [2.75, 3.05) is 26.7 Å². The minimum atomic E-state index is -0.270. The van der Waals surface area contributed by atoms with Crippen LogP contribution in [0, 0.1) is 0 Å². The van der Waals surface area contributed by atoms with Gasteiger partial charge in [-0.3, -0.25) is 14.3 Å². The summed E-state index contributed by atoms with van der Waals surface area (Å²) in [5.74, 6) is -0.354. The molecule has 134 valence electrons. The van der Waals surface area contributed by atoms with Gasteiger partial charge < -0.3 is 15.0 Å². The highest BCUT2D eigenvalue weighted by atomic mass is 35.5. The molecule has 2 aliphatic heterocycles. The molecule has 2 saturated heterocycles. The van der Waals surface area contributed by atoms with Crippen molar-refractivity contribution >= 4 is 24.3 Å². The molecule has 1 N–H and O–H groups in total. The van der Waals surface area contributed by atoms with Gasteiger partial charge >= 0.3 is 5.97 Å². The minimum absolute atomic E-state index is 0. The predicted octanol–water partition coefficient (Wildman–Crippen LogP) is 1.40. The van der Waals surface area contributed by atoms with Gasteiger partial charge in [0.2, 0.25) is 0 Å². The molecule has 2 aliphatic rings. The number of halogens is 1. The number of carbonyl (C=O) groups excluding carboxylic acids is 2. The molecule has 2 unspecified atom stereocenters. The number of amides is 1. The number of piperidine rings is 1. The fourth-order valence-electron chi connectivity index (χ4n) is 3.45. The molecule has 0 radical (unpaired) electrons. The Balaban J connectivity index is 0.00000208. The van der Waals surface area contributed by atoms with Crippen LogP contribution in [0.25, 0.3) is 0 Å². The summed E-state index contributed by atoms with van der Waals surface area (Å²) in [7, 11) is 1.38. The monoisotopic (exact) mass is 356 g/mol. The maximum Gasteiger partial charge on any atom is 0.307 e. The standard InChI is InChI=1S/C16H24N4O3.ClH/c1-23-15(21)10-12-5-3-8-19(12)16(22)14-6-9-20(18-14)13-4-2-7-17-11-13;/h6,9,12-13,17H,2-5,7-8,10-11H2,1H3;1H. The highest BCUT2D eigenvalue weighted by molar-refractivity contribution is 5.93. The molecule has 1 amide bonds. The Kier molecular flexibility index (Phi) is 6.62. The normalized spacial score (nSPS) is 23.6. The first-order chi connectivity index (χ1) is 11.2. The van der Waals surface area contributed by atoms with Crippen molar-refractivity contribution < 1.29 is 14.3 Å². The lowest BCUT2D eigenvalue weighted by atomic mass is 10.1. The predicted molar refractivity (Wildman–Crippen MR) is 91.3 cm³/mol. The maximum absolute atomic E-state index is 12.7. The van der Waals surface area contributed by atoms with Crippen LogP contribution >= 0.6 is 12.4 Å². The van der Waals surface area contributed by atoms with Gasteiger partial charge in [-0.1, -0.05) is 0 Å². The first-order valence-corrected chi connectivity index (χ1v) is 8.32. The number of ether oxygens (including phenoxy) is 1. The van der Waals surface area contributed by atoms with Crippen LogP contribution in [0.1, 0.15) is 48.6 Å². The number of methoxy groups -OCH3 is 1. The number of hydrogen-bond donors (Lipinski definition) is 1. The fourth-order valence-corrected chi connectivity index (χ4v) is 3.45. The number of carbonyl (C=O) groups is 2. The molecule has 3 heterocycles. The van der Waals surface area contributed by atoms with Gasteiger partial charge in [0.1, 0.15) is 5.69 Å². The van der Waals surface area contributed by atoms with Crippen molar-refractivity contribution in [2.24, 2.45) is 0 Å². The molecule has 2 atom stereocenters. The molecule has 2 fully saturated rings. The molecular weight excluding hydrogens is 332 g/mol.